The zero-order chi connectivity index (χ0) is 18.7. The van der Waals surface area contributed by atoms with Gasteiger partial charge >= 0.3 is 5.97 Å². The third-order valence-electron chi connectivity index (χ3n) is 3.99. The number of carbonyl (C=O) groups excluding carboxylic acids is 1. The zero-order valence-electron chi connectivity index (χ0n) is 14.5. The Morgan fingerprint density at radius 1 is 1.19 bits per heavy atom. The van der Waals surface area contributed by atoms with E-state index in [1.165, 1.54) is 6.08 Å². The summed E-state index contributed by atoms with van der Waals surface area (Å²) in [5.74, 6) is -1.24. The minimum Gasteiger partial charge on any atom is -0.502 e. The fourth-order valence-corrected chi connectivity index (χ4v) is 2.87. The predicted molar refractivity (Wildman–Crippen MR) is 104 cm³/mol. The van der Waals surface area contributed by atoms with Gasteiger partial charge in [0.25, 0.3) is 0 Å². The lowest BCUT2D eigenvalue weighted by Gasteiger charge is -2.10. The second-order valence-electron chi connectivity index (χ2n) is 5.86. The van der Waals surface area contributed by atoms with E-state index < -0.39 is 11.7 Å². The van der Waals surface area contributed by atoms with Crippen LogP contribution >= 0.6 is 11.6 Å². The molecule has 0 radical (unpaired) electrons. The molecule has 5 heteroatoms. The Labute approximate surface area is 156 Å². The first-order valence-corrected chi connectivity index (χ1v) is 8.60. The molecule has 0 spiro atoms. The lowest BCUT2D eigenvalue weighted by atomic mass is 9.97. The van der Waals surface area contributed by atoms with E-state index in [1.54, 1.807) is 13.1 Å². The monoisotopic (exact) mass is 367 g/mol. The molecule has 0 bridgehead atoms. The van der Waals surface area contributed by atoms with Crippen molar-refractivity contribution in [3.8, 4) is 11.1 Å². The van der Waals surface area contributed by atoms with E-state index in [0.29, 0.717) is 10.7 Å². The van der Waals surface area contributed by atoms with Gasteiger partial charge in [0.05, 0.1) is 12.3 Å². The number of aryl methyl sites for hydroxylation is 1. The summed E-state index contributed by atoms with van der Waals surface area (Å²) in [6.07, 6.45) is 3.07. The van der Waals surface area contributed by atoms with Crippen LogP contribution in [0.5, 0.6) is 0 Å². The number of carbonyl (C=O) groups is 1. The molecular weight excluding hydrogens is 350 g/mol. The average Bonchev–Trinajstić information content (AvgIpc) is 2.63. The van der Waals surface area contributed by atoms with E-state index in [-0.39, 0.29) is 6.61 Å². The molecule has 1 heterocycles. The fraction of sp³-hybridized carbons (Fsp3) is 0.143. The van der Waals surface area contributed by atoms with Crippen molar-refractivity contribution in [1.29, 1.82) is 0 Å². The lowest BCUT2D eigenvalue weighted by molar-refractivity contribution is -0.141. The van der Waals surface area contributed by atoms with Crippen LogP contribution in [0.3, 0.4) is 0 Å². The summed E-state index contributed by atoms with van der Waals surface area (Å²) in [7, 11) is 0. The Hall–Kier alpha value is -2.85. The molecule has 0 fully saturated rings. The second kappa shape index (κ2) is 7.58. The summed E-state index contributed by atoms with van der Waals surface area (Å²) in [6, 6.07) is 13.5. The molecule has 132 valence electrons. The summed E-state index contributed by atoms with van der Waals surface area (Å²) in [5.41, 5.74) is 3.50. The first kappa shape index (κ1) is 18.0. The van der Waals surface area contributed by atoms with Crippen molar-refractivity contribution >= 4 is 34.4 Å². The number of hydrogen-bond donors (Lipinski definition) is 1. The van der Waals surface area contributed by atoms with Gasteiger partial charge in [-0.2, -0.15) is 0 Å². The van der Waals surface area contributed by atoms with Gasteiger partial charge in [0.15, 0.2) is 0 Å². The predicted octanol–water partition coefficient (Wildman–Crippen LogP) is 5.33. The van der Waals surface area contributed by atoms with Gasteiger partial charge < -0.3 is 9.84 Å². The van der Waals surface area contributed by atoms with Gasteiger partial charge in [0, 0.05) is 28.2 Å². The number of benzene rings is 2. The van der Waals surface area contributed by atoms with Crippen LogP contribution in [0.1, 0.15) is 18.2 Å². The summed E-state index contributed by atoms with van der Waals surface area (Å²) in [6.45, 7) is 3.86. The Morgan fingerprint density at radius 3 is 2.62 bits per heavy atom. The van der Waals surface area contributed by atoms with Crippen molar-refractivity contribution < 1.29 is 14.6 Å². The fourth-order valence-electron chi connectivity index (χ4n) is 2.75. The van der Waals surface area contributed by atoms with Crippen molar-refractivity contribution in [2.45, 2.75) is 13.8 Å². The SMILES string of the molecule is CCOC(=O)/C(O)=C/c1ncc(-c2ccc(Cl)cc2)c2ccc(C)cc12. The number of esters is 1. The summed E-state index contributed by atoms with van der Waals surface area (Å²) in [4.78, 5) is 16.1. The van der Waals surface area contributed by atoms with Crippen molar-refractivity contribution in [3.05, 3.63) is 70.7 Å². The number of rotatable bonds is 4. The minimum absolute atomic E-state index is 0.194. The van der Waals surface area contributed by atoms with Crippen LogP contribution in [0.2, 0.25) is 5.02 Å². The number of nitrogens with zero attached hydrogens (tertiary/aromatic N) is 1. The topological polar surface area (TPSA) is 59.4 Å². The number of pyridine rings is 1. The molecule has 1 aromatic heterocycles. The van der Waals surface area contributed by atoms with E-state index in [4.69, 9.17) is 16.3 Å². The van der Waals surface area contributed by atoms with Crippen LogP contribution in [0, 0.1) is 6.92 Å². The van der Waals surface area contributed by atoms with Gasteiger partial charge in [-0.05, 0) is 43.0 Å². The molecule has 3 aromatic rings. The van der Waals surface area contributed by atoms with E-state index in [2.05, 4.69) is 4.98 Å². The van der Waals surface area contributed by atoms with Crippen molar-refractivity contribution in [2.24, 2.45) is 0 Å². The van der Waals surface area contributed by atoms with Gasteiger partial charge in [0.2, 0.25) is 5.76 Å². The van der Waals surface area contributed by atoms with Crippen molar-refractivity contribution in [3.63, 3.8) is 0 Å². The largest absolute Gasteiger partial charge is 0.502 e. The molecular formula is C21H18ClNO3. The van der Waals surface area contributed by atoms with Gasteiger partial charge in [-0.3, -0.25) is 4.98 Å². The van der Waals surface area contributed by atoms with Crippen LogP contribution < -0.4 is 0 Å². The van der Waals surface area contributed by atoms with E-state index in [1.807, 2.05) is 49.4 Å². The van der Waals surface area contributed by atoms with Crippen LogP contribution in [-0.2, 0) is 9.53 Å². The number of hydrogen-bond acceptors (Lipinski definition) is 4. The Bertz CT molecular complexity index is 994. The maximum Gasteiger partial charge on any atom is 0.373 e. The highest BCUT2D eigenvalue weighted by Gasteiger charge is 2.13. The van der Waals surface area contributed by atoms with Gasteiger partial charge in [-0.1, -0.05) is 41.4 Å². The normalized spacial score (nSPS) is 11.6. The Balaban J connectivity index is 2.17. The number of aliphatic hydroxyl groups excluding tert-OH is 1. The highest BCUT2D eigenvalue weighted by molar-refractivity contribution is 6.30. The third kappa shape index (κ3) is 3.70. The molecule has 0 aliphatic heterocycles. The highest BCUT2D eigenvalue weighted by Crippen LogP contribution is 2.31. The van der Waals surface area contributed by atoms with Gasteiger partial charge in [0.1, 0.15) is 0 Å². The number of aliphatic hydroxyl groups is 1. The van der Waals surface area contributed by atoms with E-state index in [0.717, 1.165) is 27.5 Å². The molecule has 0 saturated carbocycles. The Morgan fingerprint density at radius 2 is 1.92 bits per heavy atom. The average molecular weight is 368 g/mol. The maximum atomic E-state index is 11.7. The molecule has 26 heavy (non-hydrogen) atoms. The second-order valence-corrected chi connectivity index (χ2v) is 6.30. The molecule has 0 aliphatic rings. The highest BCUT2D eigenvalue weighted by atomic mass is 35.5. The standard InChI is InChI=1S/C21H18ClNO3/c1-3-26-21(25)20(24)11-19-17-10-13(2)4-9-16(17)18(12-23-19)14-5-7-15(22)8-6-14/h4-12,24H,3H2,1-2H3/b20-11-. The molecule has 0 amide bonds. The lowest BCUT2D eigenvalue weighted by Crippen LogP contribution is -2.07. The smallest absolute Gasteiger partial charge is 0.373 e. The molecule has 4 nitrogen and oxygen atoms in total. The molecule has 0 saturated heterocycles. The Kier molecular flexibility index (Phi) is 5.24. The van der Waals surface area contributed by atoms with E-state index in [9.17, 15) is 9.90 Å². The molecule has 3 rings (SSSR count). The summed E-state index contributed by atoms with van der Waals surface area (Å²) >= 11 is 5.98. The molecule has 2 aromatic carbocycles. The van der Waals surface area contributed by atoms with E-state index >= 15 is 0 Å². The van der Waals surface area contributed by atoms with Crippen LogP contribution in [-0.4, -0.2) is 22.7 Å². The minimum atomic E-state index is -0.767. The number of halogens is 1. The van der Waals surface area contributed by atoms with Gasteiger partial charge in [-0.15, -0.1) is 0 Å². The summed E-state index contributed by atoms with van der Waals surface area (Å²) in [5, 5.41) is 12.5. The van der Waals surface area contributed by atoms with Gasteiger partial charge in [-0.25, -0.2) is 4.79 Å². The van der Waals surface area contributed by atoms with Crippen molar-refractivity contribution in [2.75, 3.05) is 6.61 Å². The first-order chi connectivity index (χ1) is 12.5. The summed E-state index contributed by atoms with van der Waals surface area (Å²) < 4.78 is 4.82. The molecule has 1 N–H and O–H groups in total. The van der Waals surface area contributed by atoms with Crippen molar-refractivity contribution in [1.82, 2.24) is 4.98 Å². The van der Waals surface area contributed by atoms with Crippen LogP contribution in [0.4, 0.5) is 0 Å². The quantitative estimate of drug-likeness (QED) is 0.385. The third-order valence-corrected chi connectivity index (χ3v) is 4.24. The number of aromatic nitrogens is 1. The molecule has 0 atom stereocenters. The van der Waals surface area contributed by atoms with Crippen LogP contribution in [0.15, 0.2) is 54.4 Å². The number of ether oxygens (including phenoxy) is 1. The number of fused-ring (bicyclic) bond motifs is 1. The molecule has 0 unspecified atom stereocenters. The molecule has 0 aliphatic carbocycles. The zero-order valence-corrected chi connectivity index (χ0v) is 15.2. The first-order valence-electron chi connectivity index (χ1n) is 8.22. The maximum absolute atomic E-state index is 11.7. The van der Waals surface area contributed by atoms with Crippen LogP contribution in [0.25, 0.3) is 28.0 Å².